The third kappa shape index (κ3) is 4.37. The number of nitrogens with one attached hydrogen (secondary N) is 1. The van der Waals surface area contributed by atoms with Crippen molar-refractivity contribution in [1.82, 2.24) is 0 Å². The van der Waals surface area contributed by atoms with Gasteiger partial charge in [0.2, 0.25) is 10.0 Å². The molecule has 0 saturated carbocycles. The molecule has 1 N–H and O–H groups in total. The number of rotatable bonds is 5. The third-order valence-electron chi connectivity index (χ3n) is 2.04. The molecule has 0 aromatic heterocycles. The van der Waals surface area contributed by atoms with Crippen molar-refractivity contribution >= 4 is 43.2 Å². The molecule has 0 radical (unpaired) electrons. The molecule has 1 aromatic carbocycles. The number of benzene rings is 1. The summed E-state index contributed by atoms with van der Waals surface area (Å²) in [5.41, 5.74) is -0.419. The standard InChI is InChI=1S/C10H11BrClF2NO2S/c1-6(4-12)5-18(16,17)15-10-3-8(13)7(11)2-9(10)14/h2-3,6,15H,4-5H2,1H3. The molecule has 0 aliphatic rings. The molecule has 8 heteroatoms. The topological polar surface area (TPSA) is 46.2 Å². The Bertz CT molecular complexity index is 539. The summed E-state index contributed by atoms with van der Waals surface area (Å²) in [6.45, 7) is 1.64. The minimum Gasteiger partial charge on any atom is -0.280 e. The van der Waals surface area contributed by atoms with Gasteiger partial charge in [0.1, 0.15) is 11.6 Å². The SMILES string of the molecule is CC(CCl)CS(=O)(=O)Nc1cc(F)c(Br)cc1F. The highest BCUT2D eigenvalue weighted by Gasteiger charge is 2.18. The zero-order valence-electron chi connectivity index (χ0n) is 9.38. The number of sulfonamides is 1. The molecule has 0 bridgehead atoms. The molecular formula is C10H11BrClF2NO2S. The lowest BCUT2D eigenvalue weighted by atomic mass is 10.3. The van der Waals surface area contributed by atoms with Gasteiger partial charge >= 0.3 is 0 Å². The van der Waals surface area contributed by atoms with Gasteiger partial charge in [0.25, 0.3) is 0 Å². The van der Waals surface area contributed by atoms with Crippen LogP contribution in [0.15, 0.2) is 16.6 Å². The van der Waals surface area contributed by atoms with E-state index < -0.39 is 27.3 Å². The Morgan fingerprint density at radius 1 is 1.39 bits per heavy atom. The molecule has 102 valence electrons. The van der Waals surface area contributed by atoms with Crippen LogP contribution >= 0.6 is 27.5 Å². The lowest BCUT2D eigenvalue weighted by Crippen LogP contribution is -2.22. The van der Waals surface area contributed by atoms with Gasteiger partial charge in [0, 0.05) is 11.9 Å². The van der Waals surface area contributed by atoms with Crippen molar-refractivity contribution in [3.63, 3.8) is 0 Å². The van der Waals surface area contributed by atoms with Crippen molar-refractivity contribution in [2.75, 3.05) is 16.4 Å². The Morgan fingerprint density at radius 3 is 2.56 bits per heavy atom. The van der Waals surface area contributed by atoms with Crippen molar-refractivity contribution in [3.05, 3.63) is 28.2 Å². The summed E-state index contributed by atoms with van der Waals surface area (Å²) in [5, 5.41) is 0. The molecule has 1 rings (SSSR count). The maximum Gasteiger partial charge on any atom is 0.233 e. The quantitative estimate of drug-likeness (QED) is 0.645. The van der Waals surface area contributed by atoms with Crippen LogP contribution in [0.1, 0.15) is 6.92 Å². The van der Waals surface area contributed by atoms with Crippen LogP contribution in [0, 0.1) is 17.6 Å². The van der Waals surface area contributed by atoms with Gasteiger partial charge in [-0.1, -0.05) is 6.92 Å². The first-order valence-electron chi connectivity index (χ1n) is 4.96. The van der Waals surface area contributed by atoms with Crippen LogP contribution < -0.4 is 4.72 Å². The molecule has 1 aromatic rings. The molecule has 3 nitrogen and oxygen atoms in total. The third-order valence-corrected chi connectivity index (χ3v) is 4.72. The van der Waals surface area contributed by atoms with Crippen LogP contribution in [0.2, 0.25) is 0 Å². The summed E-state index contributed by atoms with van der Waals surface area (Å²) in [7, 11) is -3.75. The van der Waals surface area contributed by atoms with Gasteiger partial charge in [-0.15, -0.1) is 11.6 Å². The Hall–Kier alpha value is -0.400. The second kappa shape index (κ2) is 6.16. The number of alkyl halides is 1. The van der Waals surface area contributed by atoms with E-state index in [4.69, 9.17) is 11.6 Å². The van der Waals surface area contributed by atoms with Crippen LogP contribution in [-0.2, 0) is 10.0 Å². The zero-order valence-corrected chi connectivity index (χ0v) is 12.5. The first-order valence-corrected chi connectivity index (χ1v) is 7.94. The summed E-state index contributed by atoms with van der Waals surface area (Å²) < 4.78 is 51.8. The number of hydrogen-bond acceptors (Lipinski definition) is 2. The summed E-state index contributed by atoms with van der Waals surface area (Å²) in [4.78, 5) is 0. The van der Waals surface area contributed by atoms with Gasteiger partial charge in [-0.25, -0.2) is 17.2 Å². The Kier molecular flexibility index (Phi) is 5.36. The van der Waals surface area contributed by atoms with E-state index in [1.807, 2.05) is 4.72 Å². The fourth-order valence-electron chi connectivity index (χ4n) is 1.23. The molecule has 18 heavy (non-hydrogen) atoms. The van der Waals surface area contributed by atoms with E-state index in [2.05, 4.69) is 15.9 Å². The molecule has 0 amide bonds. The number of hydrogen-bond donors (Lipinski definition) is 1. The van der Waals surface area contributed by atoms with Crippen molar-refractivity contribution in [2.45, 2.75) is 6.92 Å². The van der Waals surface area contributed by atoms with E-state index in [1.54, 1.807) is 6.92 Å². The second-order valence-electron chi connectivity index (χ2n) is 3.89. The number of anilines is 1. The summed E-state index contributed by atoms with van der Waals surface area (Å²) in [6.07, 6.45) is 0. The van der Waals surface area contributed by atoms with Gasteiger partial charge in [0.05, 0.1) is 15.9 Å². The van der Waals surface area contributed by atoms with Crippen molar-refractivity contribution in [3.8, 4) is 0 Å². The van der Waals surface area contributed by atoms with Gasteiger partial charge in [-0.3, -0.25) is 4.72 Å². The molecule has 1 unspecified atom stereocenters. The lowest BCUT2D eigenvalue weighted by molar-refractivity contribution is 0.584. The Morgan fingerprint density at radius 2 is 2.00 bits per heavy atom. The van der Waals surface area contributed by atoms with Crippen LogP contribution in [0.5, 0.6) is 0 Å². The molecule has 0 fully saturated rings. The van der Waals surface area contributed by atoms with E-state index in [1.165, 1.54) is 0 Å². The van der Waals surface area contributed by atoms with E-state index in [9.17, 15) is 17.2 Å². The molecular weight excluding hydrogens is 352 g/mol. The van der Waals surface area contributed by atoms with Gasteiger partial charge in [0.15, 0.2) is 0 Å². The predicted octanol–water partition coefficient (Wildman–Crippen LogP) is 3.34. The second-order valence-corrected chi connectivity index (χ2v) is 6.82. The maximum atomic E-state index is 13.4. The van der Waals surface area contributed by atoms with Gasteiger partial charge in [-0.05, 0) is 27.9 Å². The van der Waals surface area contributed by atoms with Crippen LogP contribution in [0.3, 0.4) is 0 Å². The van der Waals surface area contributed by atoms with Gasteiger partial charge in [-0.2, -0.15) is 0 Å². The fraction of sp³-hybridized carbons (Fsp3) is 0.400. The normalized spacial score (nSPS) is 13.4. The van der Waals surface area contributed by atoms with Crippen molar-refractivity contribution in [1.29, 1.82) is 0 Å². The lowest BCUT2D eigenvalue weighted by Gasteiger charge is -2.12. The average molecular weight is 363 g/mol. The van der Waals surface area contributed by atoms with E-state index in [-0.39, 0.29) is 22.0 Å². The maximum absolute atomic E-state index is 13.4. The zero-order chi connectivity index (χ0) is 13.9. The minimum absolute atomic E-state index is 0.0722. The molecule has 0 spiro atoms. The van der Waals surface area contributed by atoms with E-state index >= 15 is 0 Å². The molecule has 1 atom stereocenters. The van der Waals surface area contributed by atoms with Crippen molar-refractivity contribution < 1.29 is 17.2 Å². The number of halogens is 4. The summed E-state index contributed by atoms with van der Waals surface area (Å²) in [6, 6.07) is 1.64. The molecule has 0 heterocycles. The first kappa shape index (κ1) is 15.7. The Labute approximate surface area is 118 Å². The largest absolute Gasteiger partial charge is 0.280 e. The first-order chi connectivity index (χ1) is 8.25. The van der Waals surface area contributed by atoms with Crippen LogP contribution in [0.4, 0.5) is 14.5 Å². The fourth-order valence-corrected chi connectivity index (χ4v) is 3.22. The highest BCUT2D eigenvalue weighted by atomic mass is 79.9. The molecule has 0 saturated heterocycles. The highest BCUT2D eigenvalue weighted by Crippen LogP contribution is 2.24. The summed E-state index contributed by atoms with van der Waals surface area (Å²) >= 11 is 8.31. The molecule has 0 aliphatic heterocycles. The predicted molar refractivity (Wildman–Crippen MR) is 71.4 cm³/mol. The molecule has 0 aliphatic carbocycles. The van der Waals surface area contributed by atoms with Gasteiger partial charge < -0.3 is 0 Å². The Balaban J connectivity index is 2.94. The summed E-state index contributed by atoms with van der Waals surface area (Å²) in [5.74, 6) is -1.98. The monoisotopic (exact) mass is 361 g/mol. The van der Waals surface area contributed by atoms with Crippen molar-refractivity contribution in [2.24, 2.45) is 5.92 Å². The van der Waals surface area contributed by atoms with E-state index in [0.29, 0.717) is 0 Å². The smallest absolute Gasteiger partial charge is 0.233 e. The van der Waals surface area contributed by atoms with E-state index in [0.717, 1.165) is 12.1 Å². The average Bonchev–Trinajstić information content (AvgIpc) is 2.24. The minimum atomic E-state index is -3.75. The van der Waals surface area contributed by atoms with Crippen LogP contribution in [-0.4, -0.2) is 20.1 Å². The highest BCUT2D eigenvalue weighted by molar-refractivity contribution is 9.10. The van der Waals surface area contributed by atoms with Crippen LogP contribution in [0.25, 0.3) is 0 Å².